The highest BCUT2D eigenvalue weighted by atomic mass is 33.4. The molecule has 30 heavy (non-hydrogen) atoms. The van der Waals surface area contributed by atoms with Crippen molar-refractivity contribution in [3.63, 3.8) is 0 Å². The van der Waals surface area contributed by atoms with Crippen molar-refractivity contribution in [3.8, 4) is 0 Å². The molecule has 2 aliphatic rings. The lowest BCUT2D eigenvalue weighted by molar-refractivity contribution is -0.0438. The van der Waals surface area contributed by atoms with E-state index in [0.717, 1.165) is 16.1 Å². The summed E-state index contributed by atoms with van der Waals surface area (Å²) in [6.07, 6.45) is -3.17. The summed E-state index contributed by atoms with van der Waals surface area (Å²) in [6.45, 7) is 10.8. The summed E-state index contributed by atoms with van der Waals surface area (Å²) < 4.78 is 35.1. The van der Waals surface area contributed by atoms with Crippen LogP contribution in [0.5, 0.6) is 0 Å². The first-order valence-electron chi connectivity index (χ1n) is 9.67. The Morgan fingerprint density at radius 3 is 2.57 bits per heavy atom. The Morgan fingerprint density at radius 2 is 2.00 bits per heavy atom. The number of thiol groups is 1. The zero-order valence-corrected chi connectivity index (χ0v) is 22.1. The number of hydrogen-bond acceptors (Lipinski definition) is 8. The molecule has 1 N–H and O–H groups in total. The number of halogens is 1. The predicted molar refractivity (Wildman–Crippen MR) is 129 cm³/mol. The number of rotatable bonds is 6. The lowest BCUT2D eigenvalue weighted by atomic mass is 10.1. The summed E-state index contributed by atoms with van der Waals surface area (Å²) in [5, 5.41) is -2.17. The number of aromatic nitrogens is 2. The minimum Gasteiger partial charge on any atom is -0.414 e. The van der Waals surface area contributed by atoms with Crippen LogP contribution >= 0.6 is 40.1 Å². The number of H-pyrrole nitrogens is 1. The molecule has 1 aromatic rings. The fourth-order valence-corrected chi connectivity index (χ4v) is 13.4. The van der Waals surface area contributed by atoms with Crippen molar-refractivity contribution in [2.24, 2.45) is 0 Å². The van der Waals surface area contributed by atoms with Gasteiger partial charge in [0.25, 0.3) is 5.56 Å². The smallest absolute Gasteiger partial charge is 0.330 e. The second-order valence-corrected chi connectivity index (χ2v) is 24.7. The van der Waals surface area contributed by atoms with E-state index < -0.39 is 49.3 Å². The van der Waals surface area contributed by atoms with Gasteiger partial charge in [0.2, 0.25) is 0 Å². The zero-order chi connectivity index (χ0) is 22.3. The summed E-state index contributed by atoms with van der Waals surface area (Å²) in [6, 6.07) is 1.17. The summed E-state index contributed by atoms with van der Waals surface area (Å²) >= 11 is 7.93. The Kier molecular flexibility index (Phi) is 7.62. The molecule has 0 unspecified atom stereocenters. The third kappa shape index (κ3) is 5.39. The highest BCUT2D eigenvalue weighted by molar-refractivity contribution is 9.15. The second kappa shape index (κ2) is 9.21. The number of aromatic amines is 1. The standard InChI is InChI=1S/C17H28FN2O5PS3Si/c1-17(2,3)30(4,5)23-10-11-14(25-26(27)28-8-9-29-26)13(18)15(24-11)20-7-6-12(21)19-16(20)22/h6-7,11,13-15,27H,8-10H2,1-5H3/p+1/t11-,13-,14-,15-/m1/s1. The van der Waals surface area contributed by atoms with Gasteiger partial charge in [-0.15, -0.1) is 0 Å². The third-order valence-corrected chi connectivity index (χ3v) is 20.2. The van der Waals surface area contributed by atoms with Crippen LogP contribution in [-0.2, 0) is 13.7 Å². The molecule has 2 saturated heterocycles. The van der Waals surface area contributed by atoms with Gasteiger partial charge in [-0.2, -0.15) is 4.52 Å². The maximum Gasteiger partial charge on any atom is 0.330 e. The van der Waals surface area contributed by atoms with E-state index >= 15 is 4.39 Å². The number of nitrogens with one attached hydrogen (secondary N) is 1. The van der Waals surface area contributed by atoms with Gasteiger partial charge in [-0.1, -0.05) is 20.8 Å². The SMILES string of the molecule is CC(C)(C)[Si](C)(C)OC[C@H]1O[C@@H](n2ccc(=O)[nH]c2=O)[C@H](F)[C@@H]1O[P+]1(S)SCCS1. The van der Waals surface area contributed by atoms with Crippen molar-refractivity contribution < 1.29 is 18.1 Å². The lowest BCUT2D eigenvalue weighted by Crippen LogP contribution is -2.44. The molecular formula is C17H29FN2O5PS3Si+. The second-order valence-electron chi connectivity index (χ2n) is 8.80. The Labute approximate surface area is 190 Å². The van der Waals surface area contributed by atoms with E-state index in [1.807, 2.05) is 0 Å². The van der Waals surface area contributed by atoms with E-state index in [9.17, 15) is 9.59 Å². The monoisotopic (exact) mass is 515 g/mol. The van der Waals surface area contributed by atoms with Gasteiger partial charge in [-0.25, -0.2) is 9.18 Å². The molecule has 13 heteroatoms. The quantitative estimate of drug-likeness (QED) is 0.333. The van der Waals surface area contributed by atoms with E-state index in [1.54, 1.807) is 22.8 Å². The van der Waals surface area contributed by atoms with E-state index in [0.29, 0.717) is 0 Å². The molecule has 0 bridgehead atoms. The number of alkyl halides is 1. The van der Waals surface area contributed by atoms with Gasteiger partial charge in [0.05, 0.1) is 41.6 Å². The summed E-state index contributed by atoms with van der Waals surface area (Å²) in [5.41, 5.74) is -1.27. The van der Waals surface area contributed by atoms with E-state index in [-0.39, 0.29) is 11.6 Å². The minimum atomic E-state index is -2.16. The van der Waals surface area contributed by atoms with Crippen LogP contribution in [0.15, 0.2) is 21.9 Å². The Balaban J connectivity index is 1.85. The minimum absolute atomic E-state index is 0.0126. The van der Waals surface area contributed by atoms with Crippen molar-refractivity contribution in [2.45, 2.75) is 63.5 Å². The first-order valence-corrected chi connectivity index (χ1v) is 18.6. The first kappa shape index (κ1) is 24.8. The van der Waals surface area contributed by atoms with Gasteiger partial charge in [0.15, 0.2) is 26.8 Å². The molecule has 3 heterocycles. The van der Waals surface area contributed by atoms with Crippen molar-refractivity contribution in [2.75, 3.05) is 18.1 Å². The van der Waals surface area contributed by atoms with Crippen molar-refractivity contribution in [1.82, 2.24) is 9.55 Å². The zero-order valence-electron chi connectivity index (χ0n) is 17.7. The fourth-order valence-electron chi connectivity index (χ4n) is 2.87. The molecule has 7 nitrogen and oxygen atoms in total. The van der Waals surface area contributed by atoms with Crippen molar-refractivity contribution in [3.05, 3.63) is 33.1 Å². The summed E-state index contributed by atoms with van der Waals surface area (Å²) in [5.74, 6) is 1.81. The molecule has 2 aliphatic heterocycles. The molecule has 0 spiro atoms. The molecule has 0 saturated carbocycles. The van der Waals surface area contributed by atoms with Crippen LogP contribution in [0.2, 0.25) is 18.1 Å². The van der Waals surface area contributed by atoms with E-state index in [1.165, 1.54) is 12.3 Å². The lowest BCUT2D eigenvalue weighted by Gasteiger charge is -2.37. The average molecular weight is 516 g/mol. The molecule has 0 radical (unpaired) electrons. The molecule has 170 valence electrons. The molecule has 4 atom stereocenters. The van der Waals surface area contributed by atoms with Crippen LogP contribution < -0.4 is 11.2 Å². The molecule has 0 aromatic carbocycles. The van der Waals surface area contributed by atoms with Crippen LogP contribution in [0.25, 0.3) is 0 Å². The molecule has 1 aromatic heterocycles. The largest absolute Gasteiger partial charge is 0.414 e. The molecule has 0 aliphatic carbocycles. The normalized spacial score (nSPS) is 29.4. The van der Waals surface area contributed by atoms with Gasteiger partial charge >= 0.3 is 10.8 Å². The van der Waals surface area contributed by atoms with Crippen LogP contribution in [0, 0.1) is 0 Å². The highest BCUT2D eigenvalue weighted by Gasteiger charge is 2.56. The average Bonchev–Trinajstić information content (AvgIpc) is 3.18. The molecule has 0 amide bonds. The number of hydrogen-bond donors (Lipinski definition) is 2. The molecule has 3 rings (SSSR count). The van der Waals surface area contributed by atoms with E-state index in [4.69, 9.17) is 25.9 Å². The Bertz CT molecular complexity index is 874. The van der Waals surface area contributed by atoms with Crippen molar-refractivity contribution in [1.29, 1.82) is 0 Å². The molecule has 2 fully saturated rings. The van der Waals surface area contributed by atoms with Gasteiger partial charge in [-0.3, -0.25) is 14.3 Å². The van der Waals surface area contributed by atoms with Crippen LogP contribution in [0.4, 0.5) is 4.39 Å². The fraction of sp³-hybridized carbons (Fsp3) is 0.765. The van der Waals surface area contributed by atoms with Gasteiger partial charge < -0.3 is 9.16 Å². The maximum atomic E-state index is 15.6. The highest BCUT2D eigenvalue weighted by Crippen LogP contribution is 2.87. The maximum absolute atomic E-state index is 15.6. The van der Waals surface area contributed by atoms with Gasteiger partial charge in [0, 0.05) is 23.8 Å². The number of nitrogens with zero attached hydrogens (tertiary/aromatic N) is 1. The van der Waals surface area contributed by atoms with Crippen LogP contribution in [0.3, 0.4) is 0 Å². The van der Waals surface area contributed by atoms with Gasteiger partial charge in [0.1, 0.15) is 6.10 Å². The number of ether oxygens (including phenoxy) is 1. The van der Waals surface area contributed by atoms with Crippen LogP contribution in [-0.4, -0.2) is 54.4 Å². The first-order chi connectivity index (χ1) is 13.8. The Morgan fingerprint density at radius 1 is 1.37 bits per heavy atom. The van der Waals surface area contributed by atoms with Crippen LogP contribution in [0.1, 0.15) is 27.0 Å². The molecular weight excluding hydrogens is 486 g/mol. The van der Waals surface area contributed by atoms with E-state index in [2.05, 4.69) is 38.8 Å². The summed E-state index contributed by atoms with van der Waals surface area (Å²) in [4.78, 5) is 25.8. The Hall–Kier alpha value is 0.187. The summed E-state index contributed by atoms with van der Waals surface area (Å²) in [7, 11) is -2.10. The van der Waals surface area contributed by atoms with Crippen molar-refractivity contribution >= 4 is 48.4 Å². The van der Waals surface area contributed by atoms with Gasteiger partial charge in [-0.05, 0) is 18.1 Å². The predicted octanol–water partition coefficient (Wildman–Crippen LogP) is 4.27. The third-order valence-electron chi connectivity index (χ3n) is 5.65. The topological polar surface area (TPSA) is 82.5 Å².